The first-order chi connectivity index (χ1) is 8.18. The Labute approximate surface area is 98.8 Å². The molecule has 1 aromatic heterocycles. The highest BCUT2D eigenvalue weighted by atomic mass is 16.2. The van der Waals surface area contributed by atoms with Crippen molar-refractivity contribution in [2.24, 2.45) is 5.73 Å². The zero-order chi connectivity index (χ0) is 12.3. The van der Waals surface area contributed by atoms with Crippen molar-refractivity contribution in [1.29, 1.82) is 0 Å². The first-order valence-electron chi connectivity index (χ1n) is 5.51. The second-order valence-electron chi connectivity index (χ2n) is 4.07. The van der Waals surface area contributed by atoms with Gasteiger partial charge in [0.05, 0.1) is 6.42 Å². The average molecular weight is 234 g/mol. The van der Waals surface area contributed by atoms with Gasteiger partial charge in [-0.15, -0.1) is 0 Å². The van der Waals surface area contributed by atoms with E-state index in [-0.39, 0.29) is 12.3 Å². The number of carbonyl (C=O) groups is 2. The summed E-state index contributed by atoms with van der Waals surface area (Å²) in [6.45, 7) is 0.597. The molecule has 0 saturated carbocycles. The molecule has 6 nitrogen and oxygen atoms in total. The van der Waals surface area contributed by atoms with E-state index in [1.54, 1.807) is 17.3 Å². The predicted octanol–water partition coefficient (Wildman–Crippen LogP) is -0.505. The number of nitrogens with zero attached hydrogens (tertiary/aromatic N) is 3. The Hall–Kier alpha value is -1.98. The third-order valence-electron chi connectivity index (χ3n) is 2.87. The molecular weight excluding hydrogens is 220 g/mol. The van der Waals surface area contributed by atoms with Crippen LogP contribution in [0.4, 0.5) is 0 Å². The van der Waals surface area contributed by atoms with Crippen LogP contribution < -0.4 is 5.73 Å². The molecule has 1 aliphatic heterocycles. The van der Waals surface area contributed by atoms with Crippen molar-refractivity contribution in [2.45, 2.75) is 25.3 Å². The van der Waals surface area contributed by atoms with Gasteiger partial charge in [-0.1, -0.05) is 0 Å². The first kappa shape index (κ1) is 11.5. The number of hydrogen-bond acceptors (Lipinski definition) is 4. The van der Waals surface area contributed by atoms with Gasteiger partial charge in [0.25, 0.3) is 0 Å². The van der Waals surface area contributed by atoms with E-state index in [0.717, 1.165) is 12.0 Å². The van der Waals surface area contributed by atoms with E-state index in [2.05, 4.69) is 9.97 Å². The lowest BCUT2D eigenvalue weighted by molar-refractivity contribution is -0.136. The molecule has 1 atom stereocenters. The van der Waals surface area contributed by atoms with Crippen molar-refractivity contribution in [1.82, 2.24) is 14.9 Å². The summed E-state index contributed by atoms with van der Waals surface area (Å²) in [5.41, 5.74) is 6.00. The van der Waals surface area contributed by atoms with Crippen molar-refractivity contribution in [2.75, 3.05) is 6.54 Å². The Balaban J connectivity index is 2.03. The van der Waals surface area contributed by atoms with Crippen molar-refractivity contribution in [3.05, 3.63) is 24.3 Å². The van der Waals surface area contributed by atoms with Gasteiger partial charge in [0.1, 0.15) is 12.4 Å². The van der Waals surface area contributed by atoms with Gasteiger partial charge in [-0.05, 0) is 18.4 Å². The highest BCUT2D eigenvalue weighted by Crippen LogP contribution is 2.18. The lowest BCUT2D eigenvalue weighted by Gasteiger charge is -2.21. The third-order valence-corrected chi connectivity index (χ3v) is 2.87. The minimum absolute atomic E-state index is 0.0962. The normalized spacial score (nSPS) is 19.3. The maximum absolute atomic E-state index is 12.0. The van der Waals surface area contributed by atoms with Gasteiger partial charge in [0.15, 0.2) is 0 Å². The highest BCUT2D eigenvalue weighted by Gasteiger charge is 2.32. The molecule has 1 unspecified atom stereocenters. The van der Waals surface area contributed by atoms with Gasteiger partial charge in [-0.3, -0.25) is 9.59 Å². The van der Waals surface area contributed by atoms with Crippen molar-refractivity contribution in [3.63, 3.8) is 0 Å². The van der Waals surface area contributed by atoms with Gasteiger partial charge < -0.3 is 10.6 Å². The molecule has 90 valence electrons. The van der Waals surface area contributed by atoms with Crippen LogP contribution in [0.2, 0.25) is 0 Å². The number of aromatic nitrogens is 2. The maximum atomic E-state index is 12.0. The standard InChI is InChI=1S/C11H14N4O2/c12-11(17)9-2-1-3-15(9)10(16)4-8-5-13-7-14-6-8/h5-7,9H,1-4H2,(H2,12,17). The Kier molecular flexibility index (Phi) is 3.32. The number of nitrogens with two attached hydrogens (primary N) is 1. The number of rotatable bonds is 3. The van der Waals surface area contributed by atoms with Crippen LogP contribution in [-0.4, -0.2) is 39.3 Å². The van der Waals surface area contributed by atoms with Gasteiger partial charge in [0, 0.05) is 18.9 Å². The van der Waals surface area contributed by atoms with Crippen LogP contribution in [0.15, 0.2) is 18.7 Å². The summed E-state index contributed by atoms with van der Waals surface area (Å²) in [5.74, 6) is -0.527. The van der Waals surface area contributed by atoms with Crippen LogP contribution in [0.5, 0.6) is 0 Å². The largest absolute Gasteiger partial charge is 0.368 e. The van der Waals surface area contributed by atoms with Gasteiger partial charge >= 0.3 is 0 Å². The van der Waals surface area contributed by atoms with Crippen LogP contribution in [0.1, 0.15) is 18.4 Å². The van der Waals surface area contributed by atoms with Crippen LogP contribution in [-0.2, 0) is 16.0 Å². The van der Waals surface area contributed by atoms with Crippen LogP contribution in [0, 0.1) is 0 Å². The highest BCUT2D eigenvalue weighted by molar-refractivity contribution is 5.88. The fourth-order valence-corrected chi connectivity index (χ4v) is 2.06. The Morgan fingerprint density at radius 1 is 1.41 bits per heavy atom. The van der Waals surface area contributed by atoms with Crippen LogP contribution >= 0.6 is 0 Å². The molecule has 1 aliphatic rings. The smallest absolute Gasteiger partial charge is 0.240 e. The molecule has 2 N–H and O–H groups in total. The number of likely N-dealkylation sites (tertiary alicyclic amines) is 1. The minimum Gasteiger partial charge on any atom is -0.368 e. The second-order valence-corrected chi connectivity index (χ2v) is 4.07. The summed E-state index contributed by atoms with van der Waals surface area (Å²) in [6, 6.07) is -0.452. The van der Waals surface area contributed by atoms with Crippen molar-refractivity contribution in [3.8, 4) is 0 Å². The molecule has 0 spiro atoms. The van der Waals surface area contributed by atoms with Gasteiger partial charge in [-0.25, -0.2) is 9.97 Å². The Morgan fingerprint density at radius 2 is 2.12 bits per heavy atom. The fourth-order valence-electron chi connectivity index (χ4n) is 2.06. The molecule has 17 heavy (non-hydrogen) atoms. The number of hydrogen-bond donors (Lipinski definition) is 1. The summed E-state index contributed by atoms with van der Waals surface area (Å²) in [5, 5.41) is 0. The number of amides is 2. The summed E-state index contributed by atoms with van der Waals surface area (Å²) in [4.78, 5) is 32.4. The molecule has 2 amide bonds. The lowest BCUT2D eigenvalue weighted by Crippen LogP contribution is -2.44. The third kappa shape index (κ3) is 2.58. The molecule has 2 rings (SSSR count). The van der Waals surface area contributed by atoms with E-state index in [1.807, 2.05) is 0 Å². The molecule has 0 radical (unpaired) electrons. The van der Waals surface area contributed by atoms with E-state index in [4.69, 9.17) is 5.73 Å². The summed E-state index contributed by atoms with van der Waals surface area (Å²) >= 11 is 0. The quantitative estimate of drug-likeness (QED) is 0.763. The molecule has 1 fully saturated rings. The predicted molar refractivity (Wildman–Crippen MR) is 59.7 cm³/mol. The van der Waals surface area contributed by atoms with E-state index in [9.17, 15) is 9.59 Å². The summed E-state index contributed by atoms with van der Waals surface area (Å²) in [6.07, 6.45) is 6.30. The minimum atomic E-state index is -0.452. The lowest BCUT2D eigenvalue weighted by atomic mass is 10.2. The Bertz CT molecular complexity index is 421. The van der Waals surface area contributed by atoms with Gasteiger partial charge in [0.2, 0.25) is 11.8 Å². The topological polar surface area (TPSA) is 89.2 Å². The average Bonchev–Trinajstić information content (AvgIpc) is 2.79. The number of carbonyl (C=O) groups excluding carboxylic acids is 2. The Morgan fingerprint density at radius 3 is 2.76 bits per heavy atom. The monoisotopic (exact) mass is 234 g/mol. The van der Waals surface area contributed by atoms with Crippen LogP contribution in [0.3, 0.4) is 0 Å². The van der Waals surface area contributed by atoms with Crippen molar-refractivity contribution < 1.29 is 9.59 Å². The van der Waals surface area contributed by atoms with Crippen LogP contribution in [0.25, 0.3) is 0 Å². The number of primary amides is 1. The van der Waals surface area contributed by atoms with E-state index < -0.39 is 11.9 Å². The maximum Gasteiger partial charge on any atom is 0.240 e. The molecule has 2 heterocycles. The molecule has 1 saturated heterocycles. The molecule has 0 aliphatic carbocycles. The zero-order valence-electron chi connectivity index (χ0n) is 9.37. The molecule has 0 aromatic carbocycles. The summed E-state index contributed by atoms with van der Waals surface area (Å²) < 4.78 is 0. The van der Waals surface area contributed by atoms with Crippen molar-refractivity contribution >= 4 is 11.8 Å². The second kappa shape index (κ2) is 4.90. The fraction of sp³-hybridized carbons (Fsp3) is 0.455. The summed E-state index contributed by atoms with van der Waals surface area (Å²) in [7, 11) is 0. The first-order valence-corrected chi connectivity index (χ1v) is 5.51. The van der Waals surface area contributed by atoms with Gasteiger partial charge in [-0.2, -0.15) is 0 Å². The molecule has 6 heteroatoms. The zero-order valence-corrected chi connectivity index (χ0v) is 9.37. The van der Waals surface area contributed by atoms with E-state index in [0.29, 0.717) is 13.0 Å². The molecule has 0 bridgehead atoms. The van der Waals surface area contributed by atoms with E-state index >= 15 is 0 Å². The molecule has 1 aromatic rings. The molecular formula is C11H14N4O2. The SMILES string of the molecule is NC(=O)C1CCCN1C(=O)Cc1cncnc1. The van der Waals surface area contributed by atoms with E-state index in [1.165, 1.54) is 6.33 Å².